The Hall–Kier alpha value is -1.40. The Kier molecular flexibility index (Phi) is 3.76. The number of halogens is 1. The van der Waals surface area contributed by atoms with Crippen LogP contribution in [0, 0.1) is 5.82 Å². The molecule has 20 heavy (non-hydrogen) atoms. The lowest BCUT2D eigenvalue weighted by molar-refractivity contribution is 0.0937. The van der Waals surface area contributed by atoms with Gasteiger partial charge in [-0.15, -0.1) is 0 Å². The largest absolute Gasteiger partial charge is 0.376 e. The van der Waals surface area contributed by atoms with E-state index >= 15 is 0 Å². The summed E-state index contributed by atoms with van der Waals surface area (Å²) in [5.74, 6) is -0.459. The lowest BCUT2D eigenvalue weighted by atomic mass is 10.2. The molecule has 1 unspecified atom stereocenters. The molecule has 1 aliphatic rings. The maximum atomic E-state index is 13.8. The summed E-state index contributed by atoms with van der Waals surface area (Å²) in [7, 11) is 0. The van der Waals surface area contributed by atoms with Crippen LogP contribution in [0.5, 0.6) is 0 Å². The Labute approximate surface area is 120 Å². The van der Waals surface area contributed by atoms with Crippen molar-refractivity contribution in [3.05, 3.63) is 34.4 Å². The number of benzene rings is 1. The Morgan fingerprint density at radius 1 is 1.55 bits per heavy atom. The van der Waals surface area contributed by atoms with Crippen LogP contribution in [0.4, 0.5) is 4.39 Å². The number of ether oxygens (including phenoxy) is 1. The van der Waals surface area contributed by atoms with Crippen molar-refractivity contribution < 1.29 is 9.13 Å². The summed E-state index contributed by atoms with van der Waals surface area (Å²) in [6, 6.07) is 4.48. The molecule has 1 aliphatic heterocycles. The second-order valence-corrected chi connectivity index (χ2v) is 5.56. The van der Waals surface area contributed by atoms with Gasteiger partial charge in [0.25, 0.3) is 5.56 Å². The van der Waals surface area contributed by atoms with E-state index in [-0.39, 0.29) is 17.2 Å². The fourth-order valence-electron chi connectivity index (χ4n) is 2.50. The second kappa shape index (κ2) is 5.54. The first-order valence-corrected chi connectivity index (χ1v) is 7.78. The lowest BCUT2D eigenvalue weighted by Gasteiger charge is -2.15. The highest BCUT2D eigenvalue weighted by molar-refractivity contribution is 7.98. The highest BCUT2D eigenvalue weighted by atomic mass is 32.2. The molecular formula is C14H15FN2O2S. The van der Waals surface area contributed by atoms with Crippen LogP contribution in [0.3, 0.4) is 0 Å². The molecule has 106 valence electrons. The smallest absolute Gasteiger partial charge is 0.262 e. The number of hydrogen-bond acceptors (Lipinski definition) is 4. The second-order valence-electron chi connectivity index (χ2n) is 4.79. The summed E-state index contributed by atoms with van der Waals surface area (Å²) >= 11 is 1.35. The molecular weight excluding hydrogens is 279 g/mol. The van der Waals surface area contributed by atoms with E-state index in [1.54, 1.807) is 10.6 Å². The average Bonchev–Trinajstić information content (AvgIpc) is 2.95. The van der Waals surface area contributed by atoms with Crippen molar-refractivity contribution in [3.8, 4) is 0 Å². The molecule has 0 aliphatic carbocycles. The maximum Gasteiger partial charge on any atom is 0.262 e. The number of para-hydroxylation sites is 1. The van der Waals surface area contributed by atoms with E-state index in [4.69, 9.17) is 4.74 Å². The first-order chi connectivity index (χ1) is 9.70. The van der Waals surface area contributed by atoms with Gasteiger partial charge in [0.1, 0.15) is 11.3 Å². The molecule has 1 atom stereocenters. The molecule has 1 aromatic heterocycles. The minimum Gasteiger partial charge on any atom is -0.376 e. The van der Waals surface area contributed by atoms with E-state index in [2.05, 4.69) is 4.98 Å². The van der Waals surface area contributed by atoms with Gasteiger partial charge in [-0.3, -0.25) is 9.36 Å². The van der Waals surface area contributed by atoms with Gasteiger partial charge in [-0.05, 0) is 31.2 Å². The Bertz CT molecular complexity index is 695. The van der Waals surface area contributed by atoms with Gasteiger partial charge in [-0.1, -0.05) is 17.8 Å². The molecule has 3 rings (SSSR count). The summed E-state index contributed by atoms with van der Waals surface area (Å²) in [5, 5.41) is 0.851. The topological polar surface area (TPSA) is 44.1 Å². The third-order valence-electron chi connectivity index (χ3n) is 3.49. The van der Waals surface area contributed by atoms with Crippen LogP contribution in [0.1, 0.15) is 12.8 Å². The van der Waals surface area contributed by atoms with Gasteiger partial charge >= 0.3 is 0 Å². The third kappa shape index (κ3) is 2.33. The quantitative estimate of drug-likeness (QED) is 0.644. The van der Waals surface area contributed by atoms with Crippen LogP contribution in [0.2, 0.25) is 0 Å². The van der Waals surface area contributed by atoms with Crippen LogP contribution in [0.15, 0.2) is 28.2 Å². The van der Waals surface area contributed by atoms with Crippen molar-refractivity contribution in [1.29, 1.82) is 0 Å². The van der Waals surface area contributed by atoms with Crippen LogP contribution < -0.4 is 5.56 Å². The van der Waals surface area contributed by atoms with Gasteiger partial charge in [-0.2, -0.15) is 0 Å². The number of nitrogens with zero attached hydrogens (tertiary/aromatic N) is 2. The Morgan fingerprint density at radius 3 is 3.10 bits per heavy atom. The zero-order chi connectivity index (χ0) is 14.1. The van der Waals surface area contributed by atoms with Crippen LogP contribution in [-0.2, 0) is 11.3 Å². The van der Waals surface area contributed by atoms with Crippen molar-refractivity contribution >= 4 is 22.7 Å². The Balaban J connectivity index is 2.14. The van der Waals surface area contributed by atoms with E-state index < -0.39 is 5.82 Å². The highest BCUT2D eigenvalue weighted by Crippen LogP contribution is 2.20. The van der Waals surface area contributed by atoms with E-state index in [0.717, 1.165) is 19.4 Å². The summed E-state index contributed by atoms with van der Waals surface area (Å²) in [5.41, 5.74) is -0.0557. The van der Waals surface area contributed by atoms with Crippen molar-refractivity contribution in [2.24, 2.45) is 0 Å². The van der Waals surface area contributed by atoms with Gasteiger partial charge < -0.3 is 4.74 Å². The zero-order valence-corrected chi connectivity index (χ0v) is 12.0. The minimum absolute atomic E-state index is 0.0476. The molecule has 1 aromatic carbocycles. The summed E-state index contributed by atoms with van der Waals surface area (Å²) in [6.07, 6.45) is 3.84. The highest BCUT2D eigenvalue weighted by Gasteiger charge is 2.20. The molecule has 1 saturated heterocycles. The van der Waals surface area contributed by atoms with Crippen molar-refractivity contribution in [3.63, 3.8) is 0 Å². The van der Waals surface area contributed by atoms with Crippen molar-refractivity contribution in [1.82, 2.24) is 9.55 Å². The molecule has 2 aromatic rings. The lowest BCUT2D eigenvalue weighted by Crippen LogP contribution is -2.28. The Morgan fingerprint density at radius 2 is 2.40 bits per heavy atom. The number of hydrogen-bond donors (Lipinski definition) is 0. The molecule has 0 bridgehead atoms. The number of rotatable bonds is 3. The van der Waals surface area contributed by atoms with Crippen LogP contribution in [0.25, 0.3) is 10.9 Å². The van der Waals surface area contributed by atoms with Gasteiger partial charge in [0.05, 0.1) is 18.0 Å². The van der Waals surface area contributed by atoms with E-state index in [1.807, 2.05) is 6.26 Å². The summed E-state index contributed by atoms with van der Waals surface area (Å²) < 4.78 is 21.0. The molecule has 1 fully saturated rings. The van der Waals surface area contributed by atoms with Crippen LogP contribution >= 0.6 is 11.8 Å². The van der Waals surface area contributed by atoms with Crippen LogP contribution in [-0.4, -0.2) is 28.5 Å². The zero-order valence-electron chi connectivity index (χ0n) is 11.1. The molecule has 0 saturated carbocycles. The molecule has 0 amide bonds. The molecule has 0 radical (unpaired) electrons. The first-order valence-electron chi connectivity index (χ1n) is 6.55. The standard InChI is InChI=1S/C14H15FN2O2S/c1-20-14-16-12-10(5-2-6-11(12)15)13(18)17(14)8-9-4-3-7-19-9/h2,5-6,9H,3-4,7-8H2,1H3. The maximum absolute atomic E-state index is 13.8. The van der Waals surface area contributed by atoms with Crippen molar-refractivity contribution in [2.75, 3.05) is 12.9 Å². The number of aromatic nitrogens is 2. The van der Waals surface area contributed by atoms with Crippen molar-refractivity contribution in [2.45, 2.75) is 30.6 Å². The summed E-state index contributed by atoms with van der Waals surface area (Å²) in [6.45, 7) is 1.22. The van der Waals surface area contributed by atoms with Gasteiger partial charge in [0.15, 0.2) is 5.16 Å². The SMILES string of the molecule is CSc1nc2c(F)cccc2c(=O)n1CC1CCCO1. The monoisotopic (exact) mass is 294 g/mol. The minimum atomic E-state index is -0.459. The molecule has 0 spiro atoms. The van der Waals surface area contributed by atoms with E-state index in [9.17, 15) is 9.18 Å². The van der Waals surface area contributed by atoms with E-state index in [0.29, 0.717) is 17.1 Å². The van der Waals surface area contributed by atoms with Gasteiger partial charge in [-0.25, -0.2) is 9.37 Å². The van der Waals surface area contributed by atoms with Gasteiger partial charge in [0, 0.05) is 6.61 Å². The number of fused-ring (bicyclic) bond motifs is 1. The first kappa shape index (κ1) is 13.6. The van der Waals surface area contributed by atoms with Gasteiger partial charge in [0.2, 0.25) is 0 Å². The normalized spacial score (nSPS) is 18.8. The third-order valence-corrected chi connectivity index (χ3v) is 4.17. The molecule has 0 N–H and O–H groups in total. The van der Waals surface area contributed by atoms with E-state index in [1.165, 1.54) is 23.9 Å². The molecule has 2 heterocycles. The molecule has 6 heteroatoms. The number of thioether (sulfide) groups is 1. The fourth-order valence-corrected chi connectivity index (χ4v) is 3.06. The summed E-state index contributed by atoms with van der Waals surface area (Å²) in [4.78, 5) is 16.8. The molecule has 4 nitrogen and oxygen atoms in total. The predicted molar refractivity (Wildman–Crippen MR) is 76.7 cm³/mol. The fraction of sp³-hybridized carbons (Fsp3) is 0.429. The average molecular weight is 294 g/mol. The predicted octanol–water partition coefficient (Wildman–Crippen LogP) is 2.44.